The zero-order chi connectivity index (χ0) is 21.6. The molecule has 156 valence electrons. The number of hydrogen-bond donors (Lipinski definition) is 3. The Hall–Kier alpha value is -2.86. The molecule has 30 heavy (non-hydrogen) atoms. The summed E-state index contributed by atoms with van der Waals surface area (Å²) in [6.45, 7) is 1.57. The van der Waals surface area contributed by atoms with E-state index in [0.29, 0.717) is 18.0 Å². The lowest BCUT2D eigenvalue weighted by atomic mass is 10.0. The van der Waals surface area contributed by atoms with Crippen molar-refractivity contribution in [2.75, 3.05) is 18.5 Å². The van der Waals surface area contributed by atoms with E-state index < -0.39 is 18.1 Å². The zero-order valence-electron chi connectivity index (χ0n) is 16.8. The van der Waals surface area contributed by atoms with Crippen molar-refractivity contribution < 1.29 is 14.6 Å². The Bertz CT molecular complexity index is 986. The first-order valence-corrected chi connectivity index (χ1v) is 10.0. The number of nitrogens with two attached hydrogens (primary N) is 1. The van der Waals surface area contributed by atoms with E-state index in [1.165, 1.54) is 12.5 Å². The molecule has 3 aromatic rings. The molecule has 0 aromatic heterocycles. The summed E-state index contributed by atoms with van der Waals surface area (Å²) in [5.41, 5.74) is 8.25. The lowest BCUT2D eigenvalue weighted by Gasteiger charge is -2.20. The van der Waals surface area contributed by atoms with Crippen molar-refractivity contribution in [2.24, 2.45) is 5.73 Å². The van der Waals surface area contributed by atoms with E-state index in [9.17, 15) is 4.79 Å². The third-order valence-corrected chi connectivity index (χ3v) is 5.09. The highest BCUT2D eigenvalue weighted by atomic mass is 35.5. The molecule has 0 fully saturated rings. The van der Waals surface area contributed by atoms with Crippen LogP contribution in [0.25, 0.3) is 11.1 Å². The first-order valence-electron chi connectivity index (χ1n) is 9.67. The molecule has 5 nitrogen and oxygen atoms in total. The number of carbonyl (C=O) groups excluding carboxylic acids is 1. The van der Waals surface area contributed by atoms with Gasteiger partial charge in [0.15, 0.2) is 0 Å². The lowest BCUT2D eigenvalue weighted by molar-refractivity contribution is -0.121. The Morgan fingerprint density at radius 1 is 1.07 bits per heavy atom. The van der Waals surface area contributed by atoms with Crippen LogP contribution in [-0.4, -0.2) is 29.8 Å². The fourth-order valence-corrected chi connectivity index (χ4v) is 3.06. The van der Waals surface area contributed by atoms with Crippen molar-refractivity contribution in [2.45, 2.75) is 18.9 Å². The maximum atomic E-state index is 12.0. The standard InChI is InChI=1S/C24H25ClN2O3/c1-24(26,16-28)23(29)27-19-10-12-20(13-11-19)30-15-14-17-6-8-18(9-7-17)21-4-2-3-5-22(21)25/h2-13,28H,14-16,26H2,1H3,(H,27,29)/t24-/m0/s1. The minimum Gasteiger partial charge on any atom is -0.493 e. The summed E-state index contributed by atoms with van der Waals surface area (Å²) in [6, 6.07) is 23.1. The van der Waals surface area contributed by atoms with Crippen molar-refractivity contribution in [1.82, 2.24) is 0 Å². The second-order valence-electron chi connectivity index (χ2n) is 7.33. The lowest BCUT2D eigenvalue weighted by Crippen LogP contribution is -2.51. The summed E-state index contributed by atoms with van der Waals surface area (Å²) >= 11 is 6.26. The van der Waals surface area contributed by atoms with E-state index in [1.807, 2.05) is 24.3 Å². The molecule has 0 aliphatic carbocycles. The molecular formula is C24H25ClN2O3. The van der Waals surface area contributed by atoms with Gasteiger partial charge in [0.05, 0.1) is 13.2 Å². The number of aliphatic hydroxyl groups excluding tert-OH is 1. The SMILES string of the molecule is C[C@](N)(CO)C(=O)Nc1ccc(OCCc2ccc(-c3ccccc3Cl)cc2)cc1. The summed E-state index contributed by atoms with van der Waals surface area (Å²) < 4.78 is 5.79. The van der Waals surface area contributed by atoms with Crippen LogP contribution in [0.5, 0.6) is 5.75 Å². The van der Waals surface area contributed by atoms with Gasteiger partial charge in [0.1, 0.15) is 11.3 Å². The highest BCUT2D eigenvalue weighted by Crippen LogP contribution is 2.27. The number of aliphatic hydroxyl groups is 1. The van der Waals surface area contributed by atoms with Gasteiger partial charge in [-0.2, -0.15) is 0 Å². The second kappa shape index (κ2) is 9.76. The normalized spacial score (nSPS) is 12.8. The number of nitrogens with one attached hydrogen (secondary N) is 1. The number of rotatable bonds is 8. The Morgan fingerprint density at radius 2 is 1.73 bits per heavy atom. The van der Waals surface area contributed by atoms with Crippen molar-refractivity contribution in [1.29, 1.82) is 0 Å². The topological polar surface area (TPSA) is 84.6 Å². The van der Waals surface area contributed by atoms with Gasteiger partial charge in [-0.05, 0) is 48.4 Å². The van der Waals surface area contributed by atoms with Crippen molar-refractivity contribution in [3.05, 3.63) is 83.4 Å². The highest BCUT2D eigenvalue weighted by Gasteiger charge is 2.27. The number of anilines is 1. The van der Waals surface area contributed by atoms with Crippen LogP contribution in [0.1, 0.15) is 12.5 Å². The Balaban J connectivity index is 1.51. The Morgan fingerprint density at radius 3 is 2.37 bits per heavy atom. The number of ether oxygens (including phenoxy) is 1. The molecule has 1 amide bonds. The summed E-state index contributed by atoms with van der Waals surface area (Å²) in [7, 11) is 0. The number of hydrogen-bond acceptors (Lipinski definition) is 4. The van der Waals surface area contributed by atoms with Crippen LogP contribution in [0.4, 0.5) is 5.69 Å². The predicted molar refractivity (Wildman–Crippen MR) is 121 cm³/mol. The van der Waals surface area contributed by atoms with Gasteiger partial charge < -0.3 is 20.9 Å². The van der Waals surface area contributed by atoms with Crippen molar-refractivity contribution in [3.8, 4) is 16.9 Å². The molecule has 0 aliphatic heterocycles. The fraction of sp³-hybridized carbons (Fsp3) is 0.208. The van der Waals surface area contributed by atoms with Crippen LogP contribution in [0.15, 0.2) is 72.8 Å². The second-order valence-corrected chi connectivity index (χ2v) is 7.74. The highest BCUT2D eigenvalue weighted by molar-refractivity contribution is 6.33. The fourth-order valence-electron chi connectivity index (χ4n) is 2.81. The summed E-state index contributed by atoms with van der Waals surface area (Å²) in [5, 5.41) is 12.6. The van der Waals surface area contributed by atoms with Gasteiger partial charge in [0.2, 0.25) is 5.91 Å². The van der Waals surface area contributed by atoms with Crippen LogP contribution >= 0.6 is 11.6 Å². The summed E-state index contributed by atoms with van der Waals surface area (Å²) in [5.74, 6) is 0.261. The van der Waals surface area contributed by atoms with Crippen LogP contribution in [0, 0.1) is 0 Å². The van der Waals surface area contributed by atoms with Gasteiger partial charge in [0.25, 0.3) is 0 Å². The van der Waals surface area contributed by atoms with Crippen molar-refractivity contribution >= 4 is 23.2 Å². The largest absolute Gasteiger partial charge is 0.493 e. The average Bonchev–Trinajstić information content (AvgIpc) is 2.76. The Kier molecular flexibility index (Phi) is 7.11. The molecule has 0 aliphatic rings. The van der Waals surface area contributed by atoms with E-state index in [1.54, 1.807) is 24.3 Å². The zero-order valence-corrected chi connectivity index (χ0v) is 17.5. The molecule has 3 aromatic carbocycles. The average molecular weight is 425 g/mol. The van der Waals surface area contributed by atoms with E-state index in [4.69, 9.17) is 27.2 Å². The molecule has 0 bridgehead atoms. The molecule has 0 spiro atoms. The summed E-state index contributed by atoms with van der Waals surface area (Å²) in [6.07, 6.45) is 0.767. The quantitative estimate of drug-likeness (QED) is 0.504. The van der Waals surface area contributed by atoms with E-state index in [-0.39, 0.29) is 0 Å². The molecule has 3 rings (SSSR count). The molecule has 0 unspecified atom stereocenters. The van der Waals surface area contributed by atoms with Gasteiger partial charge >= 0.3 is 0 Å². The van der Waals surface area contributed by atoms with E-state index in [0.717, 1.165) is 22.6 Å². The molecule has 0 heterocycles. The van der Waals surface area contributed by atoms with E-state index in [2.05, 4.69) is 29.6 Å². The van der Waals surface area contributed by atoms with Crippen molar-refractivity contribution in [3.63, 3.8) is 0 Å². The first-order chi connectivity index (χ1) is 14.4. The molecule has 4 N–H and O–H groups in total. The molecule has 0 saturated heterocycles. The number of halogens is 1. The van der Waals surface area contributed by atoms with E-state index >= 15 is 0 Å². The van der Waals surface area contributed by atoms with Crippen LogP contribution in [0.2, 0.25) is 5.02 Å². The van der Waals surface area contributed by atoms with Crippen LogP contribution < -0.4 is 15.8 Å². The minimum atomic E-state index is -1.32. The minimum absolute atomic E-state index is 0.431. The maximum absolute atomic E-state index is 12.0. The molecule has 6 heteroatoms. The molecular weight excluding hydrogens is 400 g/mol. The molecule has 0 saturated carbocycles. The van der Waals surface area contributed by atoms with Gasteiger partial charge in [-0.15, -0.1) is 0 Å². The molecule has 0 radical (unpaired) electrons. The number of benzene rings is 3. The van der Waals surface area contributed by atoms with Crippen LogP contribution in [0.3, 0.4) is 0 Å². The number of carbonyl (C=O) groups is 1. The van der Waals surface area contributed by atoms with Gasteiger partial charge in [-0.1, -0.05) is 54.1 Å². The Labute approximate surface area is 181 Å². The van der Waals surface area contributed by atoms with Gasteiger partial charge in [-0.3, -0.25) is 4.79 Å². The van der Waals surface area contributed by atoms with Gasteiger partial charge in [0, 0.05) is 22.7 Å². The smallest absolute Gasteiger partial charge is 0.246 e. The monoisotopic (exact) mass is 424 g/mol. The first kappa shape index (κ1) is 21.8. The summed E-state index contributed by atoms with van der Waals surface area (Å²) in [4.78, 5) is 12.0. The number of amides is 1. The third-order valence-electron chi connectivity index (χ3n) is 4.76. The van der Waals surface area contributed by atoms with Crippen LogP contribution in [-0.2, 0) is 11.2 Å². The predicted octanol–water partition coefficient (Wildman–Crippen LogP) is 4.28. The maximum Gasteiger partial charge on any atom is 0.246 e. The molecule has 1 atom stereocenters. The third kappa shape index (κ3) is 5.60. The van der Waals surface area contributed by atoms with Gasteiger partial charge in [-0.25, -0.2) is 0 Å².